The second-order valence-electron chi connectivity index (χ2n) is 5.17. The highest BCUT2D eigenvalue weighted by molar-refractivity contribution is 5.96. The molecule has 2 rings (SSSR count). The summed E-state index contributed by atoms with van der Waals surface area (Å²) in [4.78, 5) is 22.5. The zero-order chi connectivity index (χ0) is 14.5. The first-order valence-corrected chi connectivity index (χ1v) is 6.96. The maximum Gasteiger partial charge on any atom is 0.303 e. The van der Waals surface area contributed by atoms with Gasteiger partial charge in [-0.15, -0.1) is 0 Å². The Hall–Kier alpha value is -1.88. The van der Waals surface area contributed by atoms with Gasteiger partial charge in [0.05, 0.1) is 0 Å². The van der Waals surface area contributed by atoms with Crippen molar-refractivity contribution in [2.75, 3.05) is 6.54 Å². The van der Waals surface area contributed by atoms with E-state index in [4.69, 9.17) is 10.8 Å². The van der Waals surface area contributed by atoms with E-state index in [2.05, 4.69) is 5.32 Å². The minimum absolute atomic E-state index is 0.0444. The molecule has 1 unspecified atom stereocenters. The summed E-state index contributed by atoms with van der Waals surface area (Å²) in [5.74, 6) is -0.851. The predicted molar refractivity (Wildman–Crippen MR) is 75.5 cm³/mol. The van der Waals surface area contributed by atoms with Gasteiger partial charge in [-0.1, -0.05) is 12.1 Å². The first-order chi connectivity index (χ1) is 9.58. The number of carboxylic acid groups (broad SMARTS) is 1. The highest BCUT2D eigenvalue weighted by atomic mass is 16.4. The number of hydrogen-bond acceptors (Lipinski definition) is 3. The summed E-state index contributed by atoms with van der Waals surface area (Å²) in [5.41, 5.74) is 8.73. The van der Waals surface area contributed by atoms with E-state index >= 15 is 0 Å². The fraction of sp³-hybridized carbons (Fsp3) is 0.467. The molecule has 5 nitrogen and oxygen atoms in total. The molecule has 5 heteroatoms. The van der Waals surface area contributed by atoms with Gasteiger partial charge in [-0.3, -0.25) is 9.59 Å². The third-order valence-electron chi connectivity index (χ3n) is 3.62. The zero-order valence-electron chi connectivity index (χ0n) is 11.4. The monoisotopic (exact) mass is 276 g/mol. The number of carboxylic acids is 1. The second-order valence-corrected chi connectivity index (χ2v) is 5.17. The molecule has 0 aliphatic carbocycles. The maximum absolute atomic E-state index is 12.0. The summed E-state index contributed by atoms with van der Waals surface area (Å²) in [5, 5.41) is 11.5. The van der Waals surface area contributed by atoms with Gasteiger partial charge in [-0.25, -0.2) is 0 Å². The molecule has 0 saturated heterocycles. The van der Waals surface area contributed by atoms with E-state index in [1.165, 1.54) is 0 Å². The minimum Gasteiger partial charge on any atom is -0.481 e. The van der Waals surface area contributed by atoms with Crippen LogP contribution in [-0.4, -0.2) is 23.5 Å². The molecular formula is C15H20N2O3. The molecule has 0 aromatic heterocycles. The van der Waals surface area contributed by atoms with Crippen molar-refractivity contribution in [2.24, 2.45) is 5.73 Å². The van der Waals surface area contributed by atoms with Gasteiger partial charge in [0.15, 0.2) is 0 Å². The molecule has 4 N–H and O–H groups in total. The molecule has 1 aromatic carbocycles. The van der Waals surface area contributed by atoms with Crippen LogP contribution in [0.3, 0.4) is 0 Å². The molecule has 0 radical (unpaired) electrons. The third-order valence-corrected chi connectivity index (χ3v) is 3.62. The number of nitrogens with two attached hydrogens (primary N) is 1. The van der Waals surface area contributed by atoms with E-state index in [9.17, 15) is 9.59 Å². The van der Waals surface area contributed by atoms with Crippen molar-refractivity contribution in [2.45, 2.75) is 38.1 Å². The number of fused-ring (bicyclic) bond motifs is 1. The van der Waals surface area contributed by atoms with Crippen LogP contribution in [0, 0.1) is 0 Å². The van der Waals surface area contributed by atoms with Gasteiger partial charge in [-0.05, 0) is 42.9 Å². The van der Waals surface area contributed by atoms with E-state index < -0.39 is 5.97 Å². The van der Waals surface area contributed by atoms with Gasteiger partial charge in [-0.2, -0.15) is 0 Å². The normalized spacial score (nSPS) is 15.9. The third kappa shape index (κ3) is 3.57. The lowest BCUT2D eigenvalue weighted by Gasteiger charge is -2.14. The molecule has 0 bridgehead atoms. The fourth-order valence-corrected chi connectivity index (χ4v) is 2.47. The van der Waals surface area contributed by atoms with Crippen LogP contribution in [0.4, 0.5) is 0 Å². The Morgan fingerprint density at radius 1 is 1.45 bits per heavy atom. The fourth-order valence-electron chi connectivity index (χ4n) is 2.47. The van der Waals surface area contributed by atoms with Crippen LogP contribution in [0.25, 0.3) is 0 Å². The van der Waals surface area contributed by atoms with Gasteiger partial charge in [0.25, 0.3) is 5.91 Å². The summed E-state index contributed by atoms with van der Waals surface area (Å²) in [6.07, 6.45) is 3.11. The highest BCUT2D eigenvalue weighted by Gasteiger charge is 2.17. The largest absolute Gasteiger partial charge is 0.481 e. The van der Waals surface area contributed by atoms with Crippen LogP contribution >= 0.6 is 0 Å². The number of hydrogen-bond donors (Lipinski definition) is 3. The number of carbonyl (C=O) groups excluding carboxylic acids is 1. The van der Waals surface area contributed by atoms with Crippen molar-refractivity contribution in [3.63, 3.8) is 0 Å². The summed E-state index contributed by atoms with van der Waals surface area (Å²) >= 11 is 0. The molecule has 1 amide bonds. The summed E-state index contributed by atoms with van der Waals surface area (Å²) in [6, 6.07) is 5.53. The van der Waals surface area contributed by atoms with Crippen LogP contribution < -0.4 is 11.1 Å². The molecule has 0 fully saturated rings. The van der Waals surface area contributed by atoms with Crippen molar-refractivity contribution in [1.29, 1.82) is 0 Å². The Bertz CT molecular complexity index is 514. The van der Waals surface area contributed by atoms with Gasteiger partial charge >= 0.3 is 5.97 Å². The number of nitrogens with one attached hydrogen (secondary N) is 1. The summed E-state index contributed by atoms with van der Waals surface area (Å²) < 4.78 is 0. The van der Waals surface area contributed by atoms with Crippen LogP contribution in [0.1, 0.15) is 53.2 Å². The van der Waals surface area contributed by atoms with Gasteiger partial charge in [0, 0.05) is 24.6 Å². The molecule has 1 aliphatic rings. The van der Waals surface area contributed by atoms with Crippen LogP contribution in [-0.2, 0) is 11.2 Å². The Morgan fingerprint density at radius 2 is 2.25 bits per heavy atom. The predicted octanol–water partition coefficient (Wildman–Crippen LogP) is 1.62. The lowest BCUT2D eigenvalue weighted by Crippen LogP contribution is -2.23. The molecule has 1 atom stereocenters. The quantitative estimate of drug-likeness (QED) is 0.762. The number of benzene rings is 1. The molecule has 0 spiro atoms. The Balaban J connectivity index is 2.09. The van der Waals surface area contributed by atoms with Crippen molar-refractivity contribution < 1.29 is 14.7 Å². The van der Waals surface area contributed by atoms with Crippen molar-refractivity contribution in [1.82, 2.24) is 5.32 Å². The van der Waals surface area contributed by atoms with Crippen molar-refractivity contribution >= 4 is 11.9 Å². The number of aryl methyl sites for hydroxylation is 1. The van der Waals surface area contributed by atoms with Crippen LogP contribution in [0.2, 0.25) is 0 Å². The SMILES string of the molecule is NC(CCCC(=O)O)c1ccc2c(c1)C(=O)NCCC2. The lowest BCUT2D eigenvalue weighted by atomic mass is 9.95. The number of aliphatic carboxylic acids is 1. The van der Waals surface area contributed by atoms with Crippen molar-refractivity contribution in [3.8, 4) is 0 Å². The standard InChI is InChI=1S/C15H20N2O3/c16-13(4-1-5-14(18)19)11-7-6-10-3-2-8-17-15(20)12(10)9-11/h6-7,9,13H,1-5,8,16H2,(H,17,20)(H,18,19). The number of carbonyl (C=O) groups is 2. The average Bonchev–Trinajstić information content (AvgIpc) is 2.60. The van der Waals surface area contributed by atoms with Gasteiger partial charge in [0.1, 0.15) is 0 Å². The van der Waals surface area contributed by atoms with Crippen LogP contribution in [0.5, 0.6) is 0 Å². The average molecular weight is 276 g/mol. The molecule has 108 valence electrons. The maximum atomic E-state index is 12.0. The van der Waals surface area contributed by atoms with E-state index in [1.807, 2.05) is 18.2 Å². The van der Waals surface area contributed by atoms with Crippen LogP contribution in [0.15, 0.2) is 18.2 Å². The van der Waals surface area contributed by atoms with E-state index in [0.717, 1.165) is 24.0 Å². The van der Waals surface area contributed by atoms with E-state index in [0.29, 0.717) is 24.9 Å². The van der Waals surface area contributed by atoms with Gasteiger partial charge < -0.3 is 16.2 Å². The topological polar surface area (TPSA) is 92.4 Å². The molecule has 0 saturated carbocycles. The summed E-state index contributed by atoms with van der Waals surface area (Å²) in [6.45, 7) is 0.702. The Kier molecular flexibility index (Phi) is 4.74. The first kappa shape index (κ1) is 14.5. The smallest absolute Gasteiger partial charge is 0.303 e. The molecule has 1 aliphatic heterocycles. The van der Waals surface area contributed by atoms with E-state index in [-0.39, 0.29) is 18.4 Å². The second kappa shape index (κ2) is 6.52. The molecule has 20 heavy (non-hydrogen) atoms. The van der Waals surface area contributed by atoms with Gasteiger partial charge in [0.2, 0.25) is 0 Å². The first-order valence-electron chi connectivity index (χ1n) is 6.96. The van der Waals surface area contributed by atoms with Crippen molar-refractivity contribution in [3.05, 3.63) is 34.9 Å². The van der Waals surface area contributed by atoms with E-state index in [1.54, 1.807) is 0 Å². The Morgan fingerprint density at radius 3 is 3.00 bits per heavy atom. The minimum atomic E-state index is -0.807. The highest BCUT2D eigenvalue weighted by Crippen LogP contribution is 2.22. The number of amides is 1. The Labute approximate surface area is 118 Å². The number of rotatable bonds is 5. The molecule has 1 heterocycles. The lowest BCUT2D eigenvalue weighted by molar-refractivity contribution is -0.137. The molecule has 1 aromatic rings. The summed E-state index contributed by atoms with van der Waals surface area (Å²) in [7, 11) is 0. The zero-order valence-corrected chi connectivity index (χ0v) is 11.4. The molecular weight excluding hydrogens is 256 g/mol.